The molecule has 0 radical (unpaired) electrons. The summed E-state index contributed by atoms with van der Waals surface area (Å²) in [7, 11) is 0. The fourth-order valence-corrected chi connectivity index (χ4v) is 2.32. The zero-order valence-corrected chi connectivity index (χ0v) is 11.5. The quantitative estimate of drug-likeness (QED) is 0.766. The summed E-state index contributed by atoms with van der Waals surface area (Å²) in [4.78, 5) is 11.8. The molecule has 0 aliphatic carbocycles. The Morgan fingerprint density at radius 3 is 2.65 bits per heavy atom. The van der Waals surface area contributed by atoms with E-state index in [1.165, 1.54) is 0 Å². The third-order valence-corrected chi connectivity index (χ3v) is 3.76. The Balaban J connectivity index is 2.80. The summed E-state index contributed by atoms with van der Waals surface area (Å²) in [6.45, 7) is 9.03. The highest BCUT2D eigenvalue weighted by Gasteiger charge is 2.43. The number of rotatable bonds is 5. The van der Waals surface area contributed by atoms with Gasteiger partial charge in [0.1, 0.15) is 5.54 Å². The second-order valence-corrected chi connectivity index (χ2v) is 5.51. The molecule has 1 fully saturated rings. The maximum Gasteiger partial charge on any atom is 0.237 e. The Labute approximate surface area is 104 Å². The van der Waals surface area contributed by atoms with Crippen LogP contribution in [0, 0.1) is 5.92 Å². The molecule has 3 unspecified atom stereocenters. The van der Waals surface area contributed by atoms with Gasteiger partial charge in [-0.1, -0.05) is 20.8 Å². The van der Waals surface area contributed by atoms with Crippen LogP contribution in [0.2, 0.25) is 0 Å². The standard InChI is InChI=1S/C13H26N2O2/c1-5-10(4)15-13(12(14)16)6-7-17-11(8-13)9(2)3/h9-11,15H,5-8H2,1-4H3,(H2,14,16). The van der Waals surface area contributed by atoms with Crippen LogP contribution >= 0.6 is 0 Å². The van der Waals surface area contributed by atoms with E-state index in [9.17, 15) is 4.79 Å². The Morgan fingerprint density at radius 2 is 2.18 bits per heavy atom. The van der Waals surface area contributed by atoms with Crippen molar-refractivity contribution >= 4 is 5.91 Å². The summed E-state index contributed by atoms with van der Waals surface area (Å²) in [6, 6.07) is 0.299. The molecule has 4 heteroatoms. The monoisotopic (exact) mass is 242 g/mol. The molecule has 3 N–H and O–H groups in total. The largest absolute Gasteiger partial charge is 0.378 e. The van der Waals surface area contributed by atoms with Gasteiger partial charge in [0, 0.05) is 19.1 Å². The normalized spacial score (nSPS) is 31.5. The van der Waals surface area contributed by atoms with Crippen molar-refractivity contribution in [2.24, 2.45) is 11.7 Å². The van der Waals surface area contributed by atoms with Crippen molar-refractivity contribution in [2.45, 2.75) is 64.6 Å². The lowest BCUT2D eigenvalue weighted by atomic mass is 9.82. The van der Waals surface area contributed by atoms with Crippen LogP contribution in [0.4, 0.5) is 0 Å². The van der Waals surface area contributed by atoms with Crippen LogP contribution in [0.25, 0.3) is 0 Å². The SMILES string of the molecule is CCC(C)NC1(C(N)=O)CCOC(C(C)C)C1. The van der Waals surface area contributed by atoms with Gasteiger partial charge in [-0.2, -0.15) is 0 Å². The molecule has 1 heterocycles. The number of nitrogens with one attached hydrogen (secondary N) is 1. The first-order valence-corrected chi connectivity index (χ1v) is 6.60. The number of nitrogens with two attached hydrogens (primary N) is 1. The van der Waals surface area contributed by atoms with Gasteiger partial charge in [0.25, 0.3) is 0 Å². The molecule has 1 saturated heterocycles. The van der Waals surface area contributed by atoms with Crippen molar-refractivity contribution in [3.8, 4) is 0 Å². The second-order valence-electron chi connectivity index (χ2n) is 5.51. The van der Waals surface area contributed by atoms with E-state index in [1.54, 1.807) is 0 Å². The van der Waals surface area contributed by atoms with Crippen LogP contribution in [0.3, 0.4) is 0 Å². The highest BCUT2D eigenvalue weighted by Crippen LogP contribution is 2.29. The molecule has 1 aliphatic rings. The number of carbonyl (C=O) groups excluding carboxylic acids is 1. The minimum Gasteiger partial charge on any atom is -0.378 e. The Kier molecular flexibility index (Phi) is 4.95. The van der Waals surface area contributed by atoms with Crippen molar-refractivity contribution in [3.63, 3.8) is 0 Å². The van der Waals surface area contributed by atoms with Gasteiger partial charge in [0.2, 0.25) is 5.91 Å². The van der Waals surface area contributed by atoms with E-state index in [4.69, 9.17) is 10.5 Å². The zero-order chi connectivity index (χ0) is 13.1. The summed E-state index contributed by atoms with van der Waals surface area (Å²) in [5.74, 6) is 0.166. The van der Waals surface area contributed by atoms with Crippen molar-refractivity contribution in [2.75, 3.05) is 6.61 Å². The molecule has 1 rings (SSSR count). The molecule has 100 valence electrons. The Morgan fingerprint density at radius 1 is 1.53 bits per heavy atom. The second kappa shape index (κ2) is 5.83. The summed E-state index contributed by atoms with van der Waals surface area (Å²) in [5, 5.41) is 3.41. The van der Waals surface area contributed by atoms with E-state index in [0.717, 1.165) is 6.42 Å². The summed E-state index contributed by atoms with van der Waals surface area (Å²) in [6.07, 6.45) is 2.47. The van der Waals surface area contributed by atoms with Gasteiger partial charge in [0.05, 0.1) is 6.10 Å². The fourth-order valence-electron chi connectivity index (χ4n) is 2.32. The number of hydrogen-bond donors (Lipinski definition) is 2. The summed E-state index contributed by atoms with van der Waals surface area (Å²) in [5.41, 5.74) is 5.03. The lowest BCUT2D eigenvalue weighted by Gasteiger charge is -2.42. The molecule has 1 aliphatic heterocycles. The average Bonchev–Trinajstić information content (AvgIpc) is 2.28. The van der Waals surface area contributed by atoms with E-state index in [2.05, 4.69) is 33.0 Å². The van der Waals surface area contributed by atoms with Gasteiger partial charge in [-0.3, -0.25) is 4.79 Å². The molecule has 0 aromatic carbocycles. The average molecular weight is 242 g/mol. The smallest absolute Gasteiger partial charge is 0.237 e. The predicted octanol–water partition coefficient (Wildman–Crippen LogP) is 1.43. The third kappa shape index (κ3) is 3.42. The Bertz CT molecular complexity index is 268. The Hall–Kier alpha value is -0.610. The lowest BCUT2D eigenvalue weighted by Crippen LogP contribution is -2.62. The van der Waals surface area contributed by atoms with Gasteiger partial charge in [-0.25, -0.2) is 0 Å². The van der Waals surface area contributed by atoms with Crippen molar-refractivity contribution < 1.29 is 9.53 Å². The molecule has 0 spiro atoms. The van der Waals surface area contributed by atoms with Crippen molar-refractivity contribution in [1.29, 1.82) is 0 Å². The topological polar surface area (TPSA) is 64.3 Å². The fraction of sp³-hybridized carbons (Fsp3) is 0.923. The van der Waals surface area contributed by atoms with Crippen LogP contribution in [-0.2, 0) is 9.53 Å². The van der Waals surface area contributed by atoms with Crippen LogP contribution in [0.1, 0.15) is 47.0 Å². The van der Waals surface area contributed by atoms with E-state index >= 15 is 0 Å². The maximum atomic E-state index is 11.8. The molecule has 0 saturated carbocycles. The number of primary amides is 1. The first-order valence-electron chi connectivity index (χ1n) is 6.60. The van der Waals surface area contributed by atoms with Crippen LogP contribution < -0.4 is 11.1 Å². The minimum atomic E-state index is -0.581. The van der Waals surface area contributed by atoms with E-state index in [0.29, 0.717) is 31.4 Å². The first kappa shape index (κ1) is 14.5. The molecule has 0 aromatic rings. The molecule has 0 aromatic heterocycles. The van der Waals surface area contributed by atoms with Crippen LogP contribution in [-0.4, -0.2) is 30.2 Å². The number of ether oxygens (including phenoxy) is 1. The highest BCUT2D eigenvalue weighted by atomic mass is 16.5. The van der Waals surface area contributed by atoms with Gasteiger partial charge >= 0.3 is 0 Å². The molecule has 4 nitrogen and oxygen atoms in total. The van der Waals surface area contributed by atoms with Crippen molar-refractivity contribution in [1.82, 2.24) is 5.32 Å². The zero-order valence-electron chi connectivity index (χ0n) is 11.5. The summed E-state index contributed by atoms with van der Waals surface area (Å²) >= 11 is 0. The number of carbonyl (C=O) groups is 1. The van der Waals surface area contributed by atoms with Gasteiger partial charge in [-0.15, -0.1) is 0 Å². The van der Waals surface area contributed by atoms with Crippen LogP contribution in [0.15, 0.2) is 0 Å². The van der Waals surface area contributed by atoms with Gasteiger partial charge in [0.15, 0.2) is 0 Å². The molecule has 1 amide bonds. The minimum absolute atomic E-state index is 0.118. The van der Waals surface area contributed by atoms with Crippen molar-refractivity contribution in [3.05, 3.63) is 0 Å². The third-order valence-electron chi connectivity index (χ3n) is 3.76. The van der Waals surface area contributed by atoms with E-state index in [-0.39, 0.29) is 12.0 Å². The predicted molar refractivity (Wildman–Crippen MR) is 68.6 cm³/mol. The molecule has 3 atom stereocenters. The van der Waals surface area contributed by atoms with E-state index in [1.807, 2.05) is 0 Å². The lowest BCUT2D eigenvalue weighted by molar-refractivity contribution is -0.133. The molecular formula is C13H26N2O2. The number of hydrogen-bond acceptors (Lipinski definition) is 3. The molecular weight excluding hydrogens is 216 g/mol. The first-order chi connectivity index (χ1) is 7.91. The maximum absolute atomic E-state index is 11.8. The summed E-state index contributed by atoms with van der Waals surface area (Å²) < 4.78 is 5.71. The molecule has 0 bridgehead atoms. The van der Waals surface area contributed by atoms with E-state index < -0.39 is 5.54 Å². The van der Waals surface area contributed by atoms with Crippen LogP contribution in [0.5, 0.6) is 0 Å². The van der Waals surface area contributed by atoms with Gasteiger partial charge < -0.3 is 15.8 Å². The highest BCUT2D eigenvalue weighted by molar-refractivity contribution is 5.84. The molecule has 17 heavy (non-hydrogen) atoms. The van der Waals surface area contributed by atoms with Gasteiger partial charge in [-0.05, 0) is 25.7 Å². The number of amides is 1.